The van der Waals surface area contributed by atoms with Crippen LogP contribution in [0, 0.1) is 10.1 Å². The van der Waals surface area contributed by atoms with Crippen molar-refractivity contribution in [2.75, 3.05) is 11.4 Å². The molecule has 0 saturated carbocycles. The first-order valence-electron chi connectivity index (χ1n) is 5.67. The molecule has 0 aromatic heterocycles. The average molecular weight is 252 g/mol. The van der Waals surface area contributed by atoms with Crippen LogP contribution in [-0.4, -0.2) is 28.6 Å². The first kappa shape index (κ1) is 14.0. The summed E-state index contributed by atoms with van der Waals surface area (Å²) < 4.78 is 0. The number of nitrogens with zero attached hydrogens (tertiary/aromatic N) is 2. The standard InChI is InChI=1S/C12H16N2O4/c1-4-13(8(2)3)11-9(12(15)16)6-5-7-10(11)14(17)18/h5-8H,4H2,1-3H3,(H,15,16). The fourth-order valence-electron chi connectivity index (χ4n) is 1.93. The van der Waals surface area contributed by atoms with Gasteiger partial charge in [0.15, 0.2) is 0 Å². The summed E-state index contributed by atoms with van der Waals surface area (Å²) >= 11 is 0. The largest absolute Gasteiger partial charge is 0.478 e. The van der Waals surface area contributed by atoms with Crippen molar-refractivity contribution in [2.45, 2.75) is 26.8 Å². The Hall–Kier alpha value is -2.11. The molecule has 0 heterocycles. The fourth-order valence-corrected chi connectivity index (χ4v) is 1.93. The fraction of sp³-hybridized carbons (Fsp3) is 0.417. The molecule has 0 atom stereocenters. The van der Waals surface area contributed by atoms with Crippen molar-refractivity contribution in [1.82, 2.24) is 0 Å². The van der Waals surface area contributed by atoms with Crippen molar-refractivity contribution < 1.29 is 14.8 Å². The Labute approximate surface area is 105 Å². The van der Waals surface area contributed by atoms with Gasteiger partial charge in [0.1, 0.15) is 5.69 Å². The number of benzene rings is 1. The van der Waals surface area contributed by atoms with Gasteiger partial charge in [-0.1, -0.05) is 6.07 Å². The first-order valence-corrected chi connectivity index (χ1v) is 5.67. The van der Waals surface area contributed by atoms with Crippen molar-refractivity contribution in [1.29, 1.82) is 0 Å². The van der Waals surface area contributed by atoms with Gasteiger partial charge in [0.05, 0.1) is 10.5 Å². The minimum absolute atomic E-state index is 0.0193. The summed E-state index contributed by atoms with van der Waals surface area (Å²) in [4.78, 5) is 23.4. The zero-order valence-corrected chi connectivity index (χ0v) is 10.6. The highest BCUT2D eigenvalue weighted by Crippen LogP contribution is 2.33. The van der Waals surface area contributed by atoms with E-state index in [1.54, 1.807) is 4.90 Å². The molecule has 0 bridgehead atoms. The molecule has 6 nitrogen and oxygen atoms in total. The lowest BCUT2D eigenvalue weighted by Crippen LogP contribution is -2.32. The molecule has 0 spiro atoms. The van der Waals surface area contributed by atoms with Gasteiger partial charge in [-0.05, 0) is 26.8 Å². The zero-order valence-electron chi connectivity index (χ0n) is 10.6. The maximum Gasteiger partial charge on any atom is 0.338 e. The van der Waals surface area contributed by atoms with E-state index in [9.17, 15) is 14.9 Å². The molecule has 0 fully saturated rings. The Morgan fingerprint density at radius 3 is 2.50 bits per heavy atom. The molecule has 1 aromatic rings. The topological polar surface area (TPSA) is 83.7 Å². The highest BCUT2D eigenvalue weighted by molar-refractivity contribution is 5.97. The third-order valence-electron chi connectivity index (χ3n) is 2.69. The van der Waals surface area contributed by atoms with Gasteiger partial charge in [-0.2, -0.15) is 0 Å². The maximum atomic E-state index is 11.2. The Balaban J connectivity index is 3.53. The second kappa shape index (κ2) is 5.48. The van der Waals surface area contributed by atoms with Crippen LogP contribution in [-0.2, 0) is 0 Å². The maximum absolute atomic E-state index is 11.2. The first-order chi connectivity index (χ1) is 8.40. The molecule has 0 unspecified atom stereocenters. The molecule has 1 N–H and O–H groups in total. The summed E-state index contributed by atoms with van der Waals surface area (Å²) in [5.41, 5.74) is -0.0438. The molecule has 0 aliphatic rings. The molecule has 0 aliphatic carbocycles. The van der Waals surface area contributed by atoms with Crippen molar-refractivity contribution >= 4 is 17.3 Å². The molecular formula is C12H16N2O4. The molecule has 6 heteroatoms. The molecule has 0 saturated heterocycles. The number of anilines is 1. The number of carboxylic acid groups (broad SMARTS) is 1. The van der Waals surface area contributed by atoms with Gasteiger partial charge in [0.2, 0.25) is 0 Å². The van der Waals surface area contributed by atoms with Gasteiger partial charge in [-0.25, -0.2) is 4.79 Å². The van der Waals surface area contributed by atoms with E-state index in [0.29, 0.717) is 6.54 Å². The molecule has 0 amide bonds. The number of nitro groups is 1. The van der Waals surface area contributed by atoms with Gasteiger partial charge < -0.3 is 10.0 Å². The molecule has 1 rings (SSSR count). The van der Waals surface area contributed by atoms with E-state index in [-0.39, 0.29) is 23.0 Å². The third-order valence-corrected chi connectivity index (χ3v) is 2.69. The SMILES string of the molecule is CCN(c1c(C(=O)O)cccc1[N+](=O)[O-])C(C)C. The van der Waals surface area contributed by atoms with Crippen LogP contribution in [0.4, 0.5) is 11.4 Å². The van der Waals surface area contributed by atoms with E-state index in [1.807, 2.05) is 20.8 Å². The van der Waals surface area contributed by atoms with E-state index in [1.165, 1.54) is 18.2 Å². The van der Waals surface area contributed by atoms with Crippen LogP contribution in [0.15, 0.2) is 18.2 Å². The minimum atomic E-state index is -1.16. The van der Waals surface area contributed by atoms with Crippen LogP contribution in [0.1, 0.15) is 31.1 Å². The predicted molar refractivity (Wildman–Crippen MR) is 68.2 cm³/mol. The molecule has 1 aromatic carbocycles. The average Bonchev–Trinajstić information content (AvgIpc) is 2.28. The second-order valence-electron chi connectivity index (χ2n) is 4.12. The second-order valence-corrected chi connectivity index (χ2v) is 4.12. The van der Waals surface area contributed by atoms with Gasteiger partial charge in [-0.3, -0.25) is 10.1 Å². The number of carboxylic acids is 1. The lowest BCUT2D eigenvalue weighted by molar-refractivity contribution is -0.384. The van der Waals surface area contributed by atoms with E-state index in [4.69, 9.17) is 5.11 Å². The molecule has 0 aliphatic heterocycles. The molecule has 18 heavy (non-hydrogen) atoms. The van der Waals surface area contributed by atoms with E-state index in [2.05, 4.69) is 0 Å². The summed E-state index contributed by atoms with van der Waals surface area (Å²) in [6.07, 6.45) is 0. The van der Waals surface area contributed by atoms with Gasteiger partial charge in [0, 0.05) is 18.7 Å². The number of hydrogen-bond acceptors (Lipinski definition) is 4. The Bertz CT molecular complexity index is 439. The van der Waals surface area contributed by atoms with Crippen LogP contribution in [0.2, 0.25) is 0 Å². The quantitative estimate of drug-likeness (QED) is 0.643. The molecular weight excluding hydrogens is 236 g/mol. The number of rotatable bonds is 5. The van der Waals surface area contributed by atoms with Crippen LogP contribution in [0.25, 0.3) is 0 Å². The molecule has 98 valence electrons. The van der Waals surface area contributed by atoms with Crippen molar-refractivity contribution in [3.8, 4) is 0 Å². The lowest BCUT2D eigenvalue weighted by Gasteiger charge is -2.28. The minimum Gasteiger partial charge on any atom is -0.478 e. The van der Waals surface area contributed by atoms with Crippen LogP contribution in [0.5, 0.6) is 0 Å². The van der Waals surface area contributed by atoms with Crippen LogP contribution >= 0.6 is 0 Å². The predicted octanol–water partition coefficient (Wildman–Crippen LogP) is 2.53. The zero-order chi connectivity index (χ0) is 13.9. The lowest BCUT2D eigenvalue weighted by atomic mass is 10.1. The summed E-state index contributed by atoms with van der Waals surface area (Å²) in [6, 6.07) is 4.08. The van der Waals surface area contributed by atoms with Crippen molar-refractivity contribution in [3.63, 3.8) is 0 Å². The van der Waals surface area contributed by atoms with Crippen molar-refractivity contribution in [2.24, 2.45) is 0 Å². The summed E-state index contributed by atoms with van der Waals surface area (Å²) in [7, 11) is 0. The Kier molecular flexibility index (Phi) is 4.25. The number of para-hydroxylation sites is 1. The third kappa shape index (κ3) is 2.58. The van der Waals surface area contributed by atoms with Gasteiger partial charge >= 0.3 is 5.97 Å². The smallest absolute Gasteiger partial charge is 0.338 e. The Morgan fingerprint density at radius 2 is 2.11 bits per heavy atom. The van der Waals surface area contributed by atoms with E-state index in [0.717, 1.165) is 0 Å². The van der Waals surface area contributed by atoms with E-state index < -0.39 is 10.9 Å². The summed E-state index contributed by atoms with van der Waals surface area (Å²) in [5.74, 6) is -1.16. The highest BCUT2D eigenvalue weighted by atomic mass is 16.6. The highest BCUT2D eigenvalue weighted by Gasteiger charge is 2.26. The van der Waals surface area contributed by atoms with Gasteiger partial charge in [0.25, 0.3) is 5.69 Å². The summed E-state index contributed by atoms with van der Waals surface area (Å²) in [6.45, 7) is 6.07. The Morgan fingerprint density at radius 1 is 1.50 bits per heavy atom. The van der Waals surface area contributed by atoms with E-state index >= 15 is 0 Å². The number of aromatic carboxylic acids is 1. The molecule has 0 radical (unpaired) electrons. The normalized spacial score (nSPS) is 10.4. The van der Waals surface area contributed by atoms with Crippen LogP contribution in [0.3, 0.4) is 0 Å². The van der Waals surface area contributed by atoms with Gasteiger partial charge in [-0.15, -0.1) is 0 Å². The van der Waals surface area contributed by atoms with Crippen LogP contribution < -0.4 is 4.90 Å². The number of carbonyl (C=O) groups is 1. The monoisotopic (exact) mass is 252 g/mol. The number of hydrogen-bond donors (Lipinski definition) is 1. The summed E-state index contributed by atoms with van der Waals surface area (Å²) in [5, 5.41) is 20.2. The van der Waals surface area contributed by atoms with Crippen molar-refractivity contribution in [3.05, 3.63) is 33.9 Å². The number of nitro benzene ring substituents is 1.